The van der Waals surface area contributed by atoms with Gasteiger partial charge in [0.2, 0.25) is 0 Å². The molecule has 2 rings (SSSR count). The monoisotopic (exact) mass is 266 g/mol. The molecule has 2 aliphatic heterocycles. The average Bonchev–Trinajstić information content (AvgIpc) is 2.95. The van der Waals surface area contributed by atoms with Crippen molar-refractivity contribution in [2.75, 3.05) is 13.1 Å². The van der Waals surface area contributed by atoms with Crippen molar-refractivity contribution in [3.05, 3.63) is 12.7 Å². The van der Waals surface area contributed by atoms with Crippen molar-refractivity contribution < 1.29 is 9.53 Å². The smallest absolute Gasteiger partial charge is 0.410 e. The standard InChI is InChI=1S/C15H26N2O2/c1-5-12-9-11(10-16-12)13-7-6-8-17(13)14(18)19-15(2,3)4/h5,11-13,16H,1,6-10H2,2-4H3. The minimum atomic E-state index is -0.415. The molecular weight excluding hydrogens is 240 g/mol. The van der Waals surface area contributed by atoms with Crippen molar-refractivity contribution in [3.8, 4) is 0 Å². The van der Waals surface area contributed by atoms with E-state index in [1.54, 1.807) is 0 Å². The predicted molar refractivity (Wildman–Crippen MR) is 76.1 cm³/mol. The van der Waals surface area contributed by atoms with E-state index >= 15 is 0 Å². The van der Waals surface area contributed by atoms with Crippen LogP contribution in [-0.2, 0) is 4.74 Å². The Bertz CT molecular complexity index is 349. The number of hydrogen-bond acceptors (Lipinski definition) is 3. The lowest BCUT2D eigenvalue weighted by Gasteiger charge is -2.31. The van der Waals surface area contributed by atoms with Crippen molar-refractivity contribution in [1.29, 1.82) is 0 Å². The van der Waals surface area contributed by atoms with Gasteiger partial charge in [0, 0.05) is 25.2 Å². The van der Waals surface area contributed by atoms with Crippen molar-refractivity contribution in [2.45, 2.75) is 57.7 Å². The maximum absolute atomic E-state index is 12.2. The number of ether oxygens (including phenoxy) is 1. The summed E-state index contributed by atoms with van der Waals surface area (Å²) in [4.78, 5) is 14.2. The van der Waals surface area contributed by atoms with Crippen LogP contribution in [0, 0.1) is 5.92 Å². The van der Waals surface area contributed by atoms with E-state index in [-0.39, 0.29) is 6.09 Å². The third-order valence-electron chi connectivity index (χ3n) is 3.95. The molecule has 108 valence electrons. The second kappa shape index (κ2) is 5.53. The number of nitrogens with zero attached hydrogens (tertiary/aromatic N) is 1. The molecule has 19 heavy (non-hydrogen) atoms. The lowest BCUT2D eigenvalue weighted by Crippen LogP contribution is -2.43. The Kier molecular flexibility index (Phi) is 4.19. The van der Waals surface area contributed by atoms with Crippen LogP contribution in [0.5, 0.6) is 0 Å². The first-order chi connectivity index (χ1) is 8.90. The molecule has 0 bridgehead atoms. The Morgan fingerprint density at radius 2 is 2.21 bits per heavy atom. The summed E-state index contributed by atoms with van der Waals surface area (Å²) in [5, 5.41) is 3.44. The van der Waals surface area contributed by atoms with Gasteiger partial charge in [-0.15, -0.1) is 6.58 Å². The molecule has 1 amide bonds. The van der Waals surface area contributed by atoms with Gasteiger partial charge in [0.05, 0.1) is 0 Å². The Morgan fingerprint density at radius 1 is 1.47 bits per heavy atom. The van der Waals surface area contributed by atoms with Crippen LogP contribution in [0.3, 0.4) is 0 Å². The van der Waals surface area contributed by atoms with Crippen LogP contribution < -0.4 is 5.32 Å². The van der Waals surface area contributed by atoms with Gasteiger partial charge < -0.3 is 15.0 Å². The summed E-state index contributed by atoms with van der Waals surface area (Å²) in [7, 11) is 0. The van der Waals surface area contributed by atoms with Gasteiger partial charge in [-0.05, 0) is 46.0 Å². The van der Waals surface area contributed by atoms with Crippen molar-refractivity contribution in [1.82, 2.24) is 10.2 Å². The average molecular weight is 266 g/mol. The van der Waals surface area contributed by atoms with E-state index in [0.29, 0.717) is 18.0 Å². The van der Waals surface area contributed by atoms with E-state index in [0.717, 1.165) is 32.4 Å². The van der Waals surface area contributed by atoms with Crippen LogP contribution in [0.1, 0.15) is 40.0 Å². The summed E-state index contributed by atoms with van der Waals surface area (Å²) in [6.07, 6.45) is 5.06. The van der Waals surface area contributed by atoms with Gasteiger partial charge in [0.25, 0.3) is 0 Å². The van der Waals surface area contributed by atoms with E-state index in [4.69, 9.17) is 4.74 Å². The van der Waals surface area contributed by atoms with Crippen molar-refractivity contribution in [2.24, 2.45) is 5.92 Å². The fourth-order valence-corrected chi connectivity index (χ4v) is 3.10. The third kappa shape index (κ3) is 3.50. The van der Waals surface area contributed by atoms with Crippen LogP contribution >= 0.6 is 0 Å². The Hall–Kier alpha value is -1.03. The van der Waals surface area contributed by atoms with E-state index in [2.05, 4.69) is 11.9 Å². The summed E-state index contributed by atoms with van der Waals surface area (Å²) < 4.78 is 5.51. The van der Waals surface area contributed by atoms with Gasteiger partial charge in [0.15, 0.2) is 0 Å². The molecule has 2 fully saturated rings. The predicted octanol–water partition coefficient (Wildman–Crippen LogP) is 2.55. The second-order valence-electron chi connectivity index (χ2n) is 6.63. The quantitative estimate of drug-likeness (QED) is 0.781. The molecule has 4 nitrogen and oxygen atoms in total. The van der Waals surface area contributed by atoms with E-state index in [1.807, 2.05) is 31.7 Å². The zero-order chi connectivity index (χ0) is 14.0. The SMILES string of the molecule is C=CC1CC(C2CCCN2C(=O)OC(C)(C)C)CN1. The number of likely N-dealkylation sites (tertiary alicyclic amines) is 1. The highest BCUT2D eigenvalue weighted by Gasteiger charge is 2.39. The molecule has 2 aliphatic rings. The summed E-state index contributed by atoms with van der Waals surface area (Å²) in [6.45, 7) is 11.4. The lowest BCUT2D eigenvalue weighted by atomic mass is 9.95. The molecular formula is C15H26N2O2. The first-order valence-corrected chi connectivity index (χ1v) is 7.26. The molecule has 0 radical (unpaired) electrons. The highest BCUT2D eigenvalue weighted by molar-refractivity contribution is 5.69. The van der Waals surface area contributed by atoms with Gasteiger partial charge in [-0.1, -0.05) is 6.08 Å². The van der Waals surface area contributed by atoms with Gasteiger partial charge in [-0.2, -0.15) is 0 Å². The molecule has 3 atom stereocenters. The molecule has 0 aromatic heterocycles. The fourth-order valence-electron chi connectivity index (χ4n) is 3.10. The van der Waals surface area contributed by atoms with Gasteiger partial charge in [-0.25, -0.2) is 4.79 Å². The van der Waals surface area contributed by atoms with Crippen molar-refractivity contribution >= 4 is 6.09 Å². The molecule has 3 unspecified atom stereocenters. The van der Waals surface area contributed by atoms with Gasteiger partial charge in [0.1, 0.15) is 5.60 Å². The maximum Gasteiger partial charge on any atom is 0.410 e. The number of nitrogens with one attached hydrogen (secondary N) is 1. The second-order valence-corrected chi connectivity index (χ2v) is 6.63. The minimum Gasteiger partial charge on any atom is -0.444 e. The van der Waals surface area contributed by atoms with Crippen LogP contribution in [0.25, 0.3) is 0 Å². The third-order valence-corrected chi connectivity index (χ3v) is 3.95. The number of hydrogen-bond donors (Lipinski definition) is 1. The topological polar surface area (TPSA) is 41.6 Å². The number of carbonyl (C=O) groups is 1. The molecule has 2 saturated heterocycles. The molecule has 0 aromatic rings. The Morgan fingerprint density at radius 3 is 2.79 bits per heavy atom. The number of amides is 1. The van der Waals surface area contributed by atoms with E-state index in [9.17, 15) is 4.79 Å². The minimum absolute atomic E-state index is 0.156. The molecule has 2 heterocycles. The highest BCUT2D eigenvalue weighted by Crippen LogP contribution is 2.31. The zero-order valence-electron chi connectivity index (χ0n) is 12.3. The molecule has 0 aromatic carbocycles. The summed E-state index contributed by atoms with van der Waals surface area (Å²) in [6, 6.07) is 0.721. The maximum atomic E-state index is 12.2. The first kappa shape index (κ1) is 14.4. The van der Waals surface area contributed by atoms with Crippen LogP contribution in [-0.4, -0.2) is 41.8 Å². The highest BCUT2D eigenvalue weighted by atomic mass is 16.6. The molecule has 0 spiro atoms. The Labute approximate surface area is 116 Å². The van der Waals surface area contributed by atoms with Crippen molar-refractivity contribution in [3.63, 3.8) is 0 Å². The van der Waals surface area contributed by atoms with E-state index < -0.39 is 5.60 Å². The zero-order valence-corrected chi connectivity index (χ0v) is 12.3. The number of rotatable bonds is 2. The summed E-state index contributed by atoms with van der Waals surface area (Å²) in [5.41, 5.74) is -0.415. The fraction of sp³-hybridized carbons (Fsp3) is 0.800. The van der Waals surface area contributed by atoms with Crippen LogP contribution in [0.4, 0.5) is 4.79 Å². The summed E-state index contributed by atoms with van der Waals surface area (Å²) in [5.74, 6) is 0.526. The van der Waals surface area contributed by atoms with Crippen LogP contribution in [0.15, 0.2) is 12.7 Å². The molecule has 0 aliphatic carbocycles. The Balaban J connectivity index is 1.97. The molecule has 0 saturated carbocycles. The largest absolute Gasteiger partial charge is 0.444 e. The molecule has 4 heteroatoms. The lowest BCUT2D eigenvalue weighted by molar-refractivity contribution is 0.0183. The van der Waals surface area contributed by atoms with E-state index in [1.165, 1.54) is 0 Å². The number of carbonyl (C=O) groups excluding carboxylic acids is 1. The normalized spacial score (nSPS) is 31.5. The molecule has 1 N–H and O–H groups in total. The summed E-state index contributed by atoms with van der Waals surface area (Å²) >= 11 is 0. The first-order valence-electron chi connectivity index (χ1n) is 7.26. The van der Waals surface area contributed by atoms with Crippen LogP contribution in [0.2, 0.25) is 0 Å². The van der Waals surface area contributed by atoms with Gasteiger partial charge >= 0.3 is 6.09 Å². The van der Waals surface area contributed by atoms with Gasteiger partial charge in [-0.3, -0.25) is 0 Å².